The fourth-order valence-corrected chi connectivity index (χ4v) is 1.83. The van der Waals surface area contributed by atoms with Crippen molar-refractivity contribution in [3.8, 4) is 5.69 Å². The van der Waals surface area contributed by atoms with Crippen molar-refractivity contribution < 1.29 is 9.59 Å². The third-order valence-electron chi connectivity index (χ3n) is 3.18. The van der Waals surface area contributed by atoms with Gasteiger partial charge in [0.1, 0.15) is 0 Å². The first-order chi connectivity index (χ1) is 9.74. The highest BCUT2D eigenvalue weighted by molar-refractivity contribution is 5.95. The number of nitrogens with zero attached hydrogens (tertiary/aromatic N) is 2. The van der Waals surface area contributed by atoms with Gasteiger partial charge in [0.05, 0.1) is 6.33 Å². The Morgan fingerprint density at radius 2 is 1.90 bits per heavy atom. The molecule has 0 radical (unpaired) electrons. The van der Waals surface area contributed by atoms with Crippen molar-refractivity contribution in [1.82, 2.24) is 20.4 Å². The summed E-state index contributed by atoms with van der Waals surface area (Å²) in [6, 6.07) is 7.04. The predicted octanol–water partition coefficient (Wildman–Crippen LogP) is 1.04. The monoisotopic (exact) mass is 270 g/mol. The van der Waals surface area contributed by atoms with Crippen LogP contribution in [0.4, 0.5) is 0 Å². The van der Waals surface area contributed by atoms with Crippen LogP contribution in [0, 0.1) is 5.92 Å². The fraction of sp³-hybridized carbons (Fsp3) is 0.214. The zero-order valence-electron chi connectivity index (χ0n) is 10.7. The molecule has 0 aliphatic heterocycles. The lowest BCUT2D eigenvalue weighted by Gasteiger charge is -2.07. The van der Waals surface area contributed by atoms with Crippen molar-refractivity contribution in [1.29, 1.82) is 0 Å². The van der Waals surface area contributed by atoms with Gasteiger partial charge in [0.25, 0.3) is 5.91 Å². The van der Waals surface area contributed by atoms with E-state index >= 15 is 0 Å². The van der Waals surface area contributed by atoms with E-state index in [0.29, 0.717) is 5.56 Å². The Morgan fingerprint density at radius 1 is 1.15 bits per heavy atom. The molecule has 0 spiro atoms. The molecule has 20 heavy (non-hydrogen) atoms. The molecule has 1 heterocycles. The van der Waals surface area contributed by atoms with Crippen LogP contribution in [-0.4, -0.2) is 21.4 Å². The second kappa shape index (κ2) is 5.16. The molecule has 0 atom stereocenters. The van der Waals surface area contributed by atoms with Gasteiger partial charge in [-0.25, -0.2) is 4.98 Å². The molecule has 2 N–H and O–H groups in total. The Balaban J connectivity index is 1.61. The third-order valence-corrected chi connectivity index (χ3v) is 3.18. The van der Waals surface area contributed by atoms with Crippen LogP contribution in [0.15, 0.2) is 43.0 Å². The highest BCUT2D eigenvalue weighted by Crippen LogP contribution is 2.28. The fourth-order valence-electron chi connectivity index (χ4n) is 1.83. The summed E-state index contributed by atoms with van der Waals surface area (Å²) in [6.45, 7) is 0. The molecule has 6 heteroatoms. The van der Waals surface area contributed by atoms with Gasteiger partial charge in [-0.3, -0.25) is 20.4 Å². The van der Waals surface area contributed by atoms with Crippen molar-refractivity contribution >= 4 is 11.8 Å². The van der Waals surface area contributed by atoms with E-state index in [4.69, 9.17) is 0 Å². The number of aromatic nitrogens is 2. The van der Waals surface area contributed by atoms with Crippen LogP contribution < -0.4 is 10.9 Å². The molecule has 0 saturated heterocycles. The number of imidazole rings is 1. The van der Waals surface area contributed by atoms with Crippen molar-refractivity contribution in [3.63, 3.8) is 0 Å². The van der Waals surface area contributed by atoms with E-state index < -0.39 is 0 Å². The summed E-state index contributed by atoms with van der Waals surface area (Å²) in [4.78, 5) is 27.2. The van der Waals surface area contributed by atoms with Crippen LogP contribution in [0.3, 0.4) is 0 Å². The van der Waals surface area contributed by atoms with Gasteiger partial charge < -0.3 is 4.57 Å². The van der Waals surface area contributed by atoms with E-state index in [9.17, 15) is 9.59 Å². The molecule has 1 aromatic carbocycles. The van der Waals surface area contributed by atoms with E-state index in [2.05, 4.69) is 15.8 Å². The molecule has 1 fully saturated rings. The van der Waals surface area contributed by atoms with Gasteiger partial charge in [0.2, 0.25) is 5.91 Å². The second-order valence-electron chi connectivity index (χ2n) is 4.73. The van der Waals surface area contributed by atoms with Crippen LogP contribution in [0.2, 0.25) is 0 Å². The minimum Gasteiger partial charge on any atom is -0.306 e. The van der Waals surface area contributed by atoms with Gasteiger partial charge >= 0.3 is 0 Å². The lowest BCUT2D eigenvalue weighted by molar-refractivity contribution is -0.123. The first-order valence-corrected chi connectivity index (χ1v) is 6.42. The molecule has 2 amide bonds. The zero-order valence-corrected chi connectivity index (χ0v) is 10.7. The quantitative estimate of drug-likeness (QED) is 0.818. The van der Waals surface area contributed by atoms with Crippen LogP contribution in [0.1, 0.15) is 23.2 Å². The molecule has 2 aromatic rings. The summed E-state index contributed by atoms with van der Waals surface area (Å²) in [6.07, 6.45) is 7.01. The highest BCUT2D eigenvalue weighted by atomic mass is 16.2. The average Bonchev–Trinajstić information content (AvgIpc) is 3.19. The van der Waals surface area contributed by atoms with Crippen molar-refractivity contribution in [3.05, 3.63) is 48.5 Å². The van der Waals surface area contributed by atoms with Crippen LogP contribution in [0.25, 0.3) is 5.69 Å². The summed E-state index contributed by atoms with van der Waals surface area (Å²) in [7, 11) is 0. The predicted molar refractivity (Wildman–Crippen MR) is 71.9 cm³/mol. The number of hydrazine groups is 1. The largest absolute Gasteiger partial charge is 0.306 e. The Kier molecular flexibility index (Phi) is 3.20. The van der Waals surface area contributed by atoms with Gasteiger partial charge in [0.15, 0.2) is 0 Å². The van der Waals surface area contributed by atoms with E-state index in [1.807, 2.05) is 22.9 Å². The Morgan fingerprint density at radius 3 is 2.50 bits per heavy atom. The number of rotatable bonds is 3. The number of carbonyl (C=O) groups is 2. The molecule has 3 rings (SSSR count). The average molecular weight is 270 g/mol. The van der Waals surface area contributed by atoms with Gasteiger partial charge in [-0.15, -0.1) is 0 Å². The van der Waals surface area contributed by atoms with E-state index in [-0.39, 0.29) is 17.7 Å². The minimum atomic E-state index is -0.323. The molecular weight excluding hydrogens is 256 g/mol. The molecule has 0 unspecified atom stereocenters. The standard InChI is InChI=1S/C14H14N4O2/c19-13(10-1-2-10)16-17-14(20)11-3-5-12(6-4-11)18-8-7-15-9-18/h3-10H,1-2H2,(H,16,19)(H,17,20). The smallest absolute Gasteiger partial charge is 0.269 e. The third kappa shape index (κ3) is 2.69. The first kappa shape index (κ1) is 12.4. The molecule has 1 aliphatic carbocycles. The van der Waals surface area contributed by atoms with Crippen molar-refractivity contribution in [2.75, 3.05) is 0 Å². The Bertz CT molecular complexity index is 615. The molecule has 102 valence electrons. The zero-order chi connectivity index (χ0) is 13.9. The number of hydrogen-bond donors (Lipinski definition) is 2. The van der Waals surface area contributed by atoms with Gasteiger partial charge in [0, 0.05) is 29.6 Å². The lowest BCUT2D eigenvalue weighted by Crippen LogP contribution is -2.42. The van der Waals surface area contributed by atoms with E-state index in [0.717, 1.165) is 18.5 Å². The SMILES string of the molecule is O=C(NNC(=O)C1CC1)c1ccc(-n2ccnc2)cc1. The topological polar surface area (TPSA) is 76.0 Å². The van der Waals surface area contributed by atoms with Crippen molar-refractivity contribution in [2.45, 2.75) is 12.8 Å². The highest BCUT2D eigenvalue weighted by Gasteiger charge is 2.29. The molecule has 1 saturated carbocycles. The maximum atomic E-state index is 11.8. The Labute approximate surface area is 115 Å². The maximum absolute atomic E-state index is 11.8. The van der Waals surface area contributed by atoms with Crippen LogP contribution in [0.5, 0.6) is 0 Å². The van der Waals surface area contributed by atoms with E-state index in [1.165, 1.54) is 0 Å². The molecule has 0 bridgehead atoms. The lowest BCUT2D eigenvalue weighted by atomic mass is 10.2. The van der Waals surface area contributed by atoms with Gasteiger partial charge in [-0.05, 0) is 37.1 Å². The van der Waals surface area contributed by atoms with Gasteiger partial charge in [-0.2, -0.15) is 0 Å². The summed E-state index contributed by atoms with van der Waals surface area (Å²) < 4.78 is 1.84. The molecular formula is C14H14N4O2. The Hall–Kier alpha value is -2.63. The van der Waals surface area contributed by atoms with Crippen LogP contribution in [-0.2, 0) is 4.79 Å². The summed E-state index contributed by atoms with van der Waals surface area (Å²) in [5.74, 6) is -0.372. The van der Waals surface area contributed by atoms with Gasteiger partial charge in [-0.1, -0.05) is 0 Å². The maximum Gasteiger partial charge on any atom is 0.269 e. The molecule has 1 aromatic heterocycles. The van der Waals surface area contributed by atoms with Crippen molar-refractivity contribution in [2.24, 2.45) is 5.92 Å². The summed E-state index contributed by atoms with van der Waals surface area (Å²) in [5, 5.41) is 0. The summed E-state index contributed by atoms with van der Waals surface area (Å²) >= 11 is 0. The number of benzene rings is 1. The normalized spacial score (nSPS) is 13.8. The molecule has 6 nitrogen and oxygen atoms in total. The molecule has 1 aliphatic rings. The van der Waals surface area contributed by atoms with Crippen LogP contribution >= 0.6 is 0 Å². The first-order valence-electron chi connectivity index (χ1n) is 6.42. The number of nitrogens with one attached hydrogen (secondary N) is 2. The summed E-state index contributed by atoms with van der Waals surface area (Å²) in [5.41, 5.74) is 6.26. The number of carbonyl (C=O) groups excluding carboxylic acids is 2. The number of hydrogen-bond acceptors (Lipinski definition) is 3. The minimum absolute atomic E-state index is 0.0684. The second-order valence-corrected chi connectivity index (χ2v) is 4.73. The number of amides is 2. The van der Waals surface area contributed by atoms with E-state index in [1.54, 1.807) is 24.7 Å².